The average Bonchev–Trinajstić information content (AvgIpc) is 3.26. The van der Waals surface area contributed by atoms with E-state index in [4.69, 9.17) is 38.9 Å². The first-order valence-corrected chi connectivity index (χ1v) is 23.0. The fourth-order valence-electron chi connectivity index (χ4n) is 8.08. The molecule has 354 valence electrons. The number of aliphatic hydroxyl groups excluding tert-OH is 1. The summed E-state index contributed by atoms with van der Waals surface area (Å²) in [7, 11) is 0. The summed E-state index contributed by atoms with van der Waals surface area (Å²) in [6, 6.07) is 14.2. The zero-order valence-electron chi connectivity index (χ0n) is 38.8. The van der Waals surface area contributed by atoms with E-state index in [1.165, 1.54) is 25.0 Å². The zero-order valence-corrected chi connectivity index (χ0v) is 38.8. The highest BCUT2D eigenvalue weighted by Crippen LogP contribution is 2.29. The molecule has 1 saturated heterocycles. The smallest absolute Gasteiger partial charge is 0.335 e. The van der Waals surface area contributed by atoms with Crippen molar-refractivity contribution in [1.82, 2.24) is 5.32 Å². The van der Waals surface area contributed by atoms with Crippen LogP contribution in [0, 0.1) is 29.6 Å². The summed E-state index contributed by atoms with van der Waals surface area (Å²) in [4.78, 5) is 53.6. The second kappa shape index (κ2) is 32.4. The van der Waals surface area contributed by atoms with E-state index in [2.05, 4.69) is 11.9 Å². The lowest BCUT2D eigenvalue weighted by atomic mass is 9.80. The molecule has 63 heavy (non-hydrogen) atoms. The Bertz CT molecular complexity index is 1620. The maximum atomic E-state index is 11.0. The van der Waals surface area contributed by atoms with Gasteiger partial charge in [-0.25, -0.2) is 4.79 Å². The summed E-state index contributed by atoms with van der Waals surface area (Å²) in [5.41, 5.74) is 30.3. The number of carbonyl (C=O) groups excluding carboxylic acids is 4. The Morgan fingerprint density at radius 3 is 1.32 bits per heavy atom. The molecule has 2 aromatic carbocycles. The van der Waals surface area contributed by atoms with Gasteiger partial charge in [-0.3, -0.25) is 9.59 Å². The Hall–Kier alpha value is -4.27. The normalized spacial score (nSPS) is 22.9. The summed E-state index contributed by atoms with van der Waals surface area (Å²) in [5.74, 6) is 3.17. The number of piperidine rings is 1. The number of hydrogen-bond donors (Lipinski definition) is 8. The van der Waals surface area contributed by atoms with Crippen LogP contribution in [-0.4, -0.2) is 71.0 Å². The Morgan fingerprint density at radius 2 is 0.952 bits per heavy atom. The van der Waals surface area contributed by atoms with Gasteiger partial charge < -0.3 is 53.8 Å². The minimum absolute atomic E-state index is 0.0913. The van der Waals surface area contributed by atoms with Crippen LogP contribution in [0.25, 0.3) is 5.76 Å². The van der Waals surface area contributed by atoms with Crippen molar-refractivity contribution in [3.8, 4) is 0 Å². The largest absolute Gasteiger partial charge is 0.508 e. The number of benzene rings is 2. The van der Waals surface area contributed by atoms with E-state index in [0.29, 0.717) is 77.0 Å². The van der Waals surface area contributed by atoms with Gasteiger partial charge in [0.1, 0.15) is 28.9 Å². The standard InChI is InChI=1S/C9H17NO.C9H11NO.C9H17NO.2C8H15NO.C7H7NO2/c2*1-7(11)9-4-2-8(6-10)3-5-9;1-7(11)6-8-2-4-9(10)5-3-8;1-7(10)6-8-2-4-9-5-3-8;1-6(10)7-2-4-8(9)5-3-7;8-6-3-1-5(2-4-6)7(9)10/h8-9H,2-6,10H2,1H3;2-5,11H,1,6,10H2;8-9H,2-6,10H2,1H3;8-9H,2-6H2,1H3;7-8H,2-5,9H2,1H3;1-4H,8H2,(H,9,10). The summed E-state index contributed by atoms with van der Waals surface area (Å²) in [5, 5.41) is 20.7. The zero-order chi connectivity index (χ0) is 47.3. The van der Waals surface area contributed by atoms with E-state index in [1.54, 1.807) is 52.0 Å². The predicted molar refractivity (Wildman–Crippen MR) is 256 cm³/mol. The molecule has 4 fully saturated rings. The van der Waals surface area contributed by atoms with E-state index >= 15 is 0 Å². The van der Waals surface area contributed by atoms with Crippen molar-refractivity contribution in [2.45, 2.75) is 149 Å². The first kappa shape index (κ1) is 56.7. The summed E-state index contributed by atoms with van der Waals surface area (Å²) < 4.78 is 0. The highest BCUT2D eigenvalue weighted by molar-refractivity contribution is 5.87. The van der Waals surface area contributed by atoms with E-state index in [-0.39, 0.29) is 11.3 Å². The SMILES string of the molecule is C=C(O)c1ccc(CN)cc1.CC(=O)C1CCC(CN)CC1.CC(=O)C1CCC(N)CC1.CC(=O)CC1CCC(N)CC1.CC(=O)CC1CCNCC1.Nc1ccc(C(=O)O)cc1. The molecule has 13 N–H and O–H groups in total. The van der Waals surface area contributed by atoms with Gasteiger partial charge in [-0.2, -0.15) is 0 Å². The van der Waals surface area contributed by atoms with Gasteiger partial charge in [-0.15, -0.1) is 0 Å². The van der Waals surface area contributed by atoms with Gasteiger partial charge in [0.05, 0.1) is 5.56 Å². The number of carbonyl (C=O) groups is 5. The molecule has 13 nitrogen and oxygen atoms in total. The van der Waals surface area contributed by atoms with E-state index in [0.717, 1.165) is 121 Å². The van der Waals surface area contributed by atoms with Crippen LogP contribution < -0.4 is 34.0 Å². The number of nitrogens with two attached hydrogens (primary N) is 5. The minimum Gasteiger partial charge on any atom is -0.508 e. The average molecular weight is 879 g/mol. The van der Waals surface area contributed by atoms with Crippen LogP contribution in [0.5, 0.6) is 0 Å². The van der Waals surface area contributed by atoms with Gasteiger partial charge >= 0.3 is 5.97 Å². The minimum atomic E-state index is -0.931. The summed E-state index contributed by atoms with van der Waals surface area (Å²) in [6.07, 6.45) is 17.0. The first-order valence-electron chi connectivity index (χ1n) is 23.0. The molecule has 4 aliphatic rings. The molecule has 0 radical (unpaired) electrons. The summed E-state index contributed by atoms with van der Waals surface area (Å²) in [6.45, 7) is 13.7. The second-order valence-corrected chi connectivity index (χ2v) is 17.8. The van der Waals surface area contributed by atoms with Gasteiger partial charge in [0.15, 0.2) is 0 Å². The van der Waals surface area contributed by atoms with Crippen LogP contribution in [0.3, 0.4) is 0 Å². The van der Waals surface area contributed by atoms with E-state index in [1.807, 2.05) is 12.1 Å². The third-order valence-electron chi connectivity index (χ3n) is 12.3. The highest BCUT2D eigenvalue weighted by atomic mass is 16.4. The van der Waals surface area contributed by atoms with E-state index < -0.39 is 5.97 Å². The number of aliphatic hydroxyl groups is 1. The maximum absolute atomic E-state index is 11.0. The Labute approximate surface area is 377 Å². The molecule has 2 aromatic rings. The third kappa shape index (κ3) is 26.8. The number of anilines is 1. The molecule has 0 aromatic heterocycles. The molecule has 0 bridgehead atoms. The van der Waals surface area contributed by atoms with Gasteiger partial charge in [0.25, 0.3) is 0 Å². The van der Waals surface area contributed by atoms with Gasteiger partial charge in [0.2, 0.25) is 0 Å². The quantitative estimate of drug-likeness (QED) is 0.0849. The van der Waals surface area contributed by atoms with Crippen molar-refractivity contribution in [3.63, 3.8) is 0 Å². The molecular formula is C50H82N6O7. The number of Topliss-reactive ketones (excluding diaryl/α,β-unsaturated/α-hetero) is 4. The molecule has 0 spiro atoms. The molecule has 3 aliphatic carbocycles. The number of aromatic carboxylic acids is 1. The number of ketones is 4. The Kier molecular flexibility index (Phi) is 29.2. The molecule has 1 heterocycles. The van der Waals surface area contributed by atoms with Crippen LogP contribution in [-0.2, 0) is 25.7 Å². The Balaban J connectivity index is 0.000000378. The predicted octanol–water partition coefficient (Wildman–Crippen LogP) is 7.52. The number of carboxylic acid groups (broad SMARTS) is 1. The van der Waals surface area contributed by atoms with Crippen LogP contribution in [0.15, 0.2) is 55.1 Å². The number of rotatable bonds is 10. The number of hydrogen-bond acceptors (Lipinski definition) is 12. The molecule has 0 unspecified atom stereocenters. The molecule has 1 aliphatic heterocycles. The number of nitrogens with one attached hydrogen (secondary N) is 1. The second-order valence-electron chi connectivity index (χ2n) is 17.8. The van der Waals surface area contributed by atoms with Crippen molar-refractivity contribution >= 4 is 40.5 Å². The Morgan fingerprint density at radius 1 is 0.571 bits per heavy atom. The fraction of sp³-hybridized carbons (Fsp3) is 0.620. The van der Waals surface area contributed by atoms with E-state index in [9.17, 15) is 24.0 Å². The number of carboxylic acids is 1. The van der Waals surface area contributed by atoms with Crippen LogP contribution in [0.2, 0.25) is 0 Å². The lowest BCUT2D eigenvalue weighted by Gasteiger charge is -2.25. The first-order chi connectivity index (χ1) is 29.8. The lowest BCUT2D eigenvalue weighted by Crippen LogP contribution is -2.28. The highest BCUT2D eigenvalue weighted by Gasteiger charge is 2.23. The third-order valence-corrected chi connectivity index (χ3v) is 12.3. The van der Waals surface area contributed by atoms with Crippen molar-refractivity contribution in [2.24, 2.45) is 52.5 Å². The van der Waals surface area contributed by atoms with Gasteiger partial charge in [-0.1, -0.05) is 30.8 Å². The summed E-state index contributed by atoms with van der Waals surface area (Å²) >= 11 is 0. The van der Waals surface area contributed by atoms with Crippen LogP contribution >= 0.6 is 0 Å². The van der Waals surface area contributed by atoms with Crippen molar-refractivity contribution in [1.29, 1.82) is 0 Å². The lowest BCUT2D eigenvalue weighted by molar-refractivity contribution is -0.122. The van der Waals surface area contributed by atoms with Gasteiger partial charge in [-0.05, 0) is 185 Å². The van der Waals surface area contributed by atoms with Crippen molar-refractivity contribution < 1.29 is 34.2 Å². The molecule has 13 heteroatoms. The maximum Gasteiger partial charge on any atom is 0.335 e. The van der Waals surface area contributed by atoms with Crippen molar-refractivity contribution in [3.05, 3.63) is 71.8 Å². The molecule has 6 rings (SSSR count). The molecule has 3 saturated carbocycles. The molecule has 0 atom stereocenters. The topological polar surface area (TPSA) is 268 Å². The van der Waals surface area contributed by atoms with Gasteiger partial charge in [0, 0.05) is 54.6 Å². The monoisotopic (exact) mass is 879 g/mol. The van der Waals surface area contributed by atoms with Crippen LogP contribution in [0.4, 0.5) is 5.69 Å². The van der Waals surface area contributed by atoms with Crippen LogP contribution in [0.1, 0.15) is 152 Å². The fourth-order valence-corrected chi connectivity index (χ4v) is 8.08. The number of nitrogen functional groups attached to an aromatic ring is 1. The molecule has 0 amide bonds. The van der Waals surface area contributed by atoms with Crippen molar-refractivity contribution in [2.75, 3.05) is 25.4 Å². The molecular weight excluding hydrogens is 797 g/mol.